The summed E-state index contributed by atoms with van der Waals surface area (Å²) in [6.07, 6.45) is 3.57. The maximum Gasteiger partial charge on any atom is 0.316 e. The van der Waals surface area contributed by atoms with Crippen LogP contribution in [0.1, 0.15) is 13.8 Å². The molecule has 1 aromatic heterocycles. The third kappa shape index (κ3) is 2.25. The quantitative estimate of drug-likeness (QED) is 0.756. The van der Waals surface area contributed by atoms with Crippen molar-refractivity contribution in [1.82, 2.24) is 14.8 Å². The van der Waals surface area contributed by atoms with E-state index in [2.05, 4.69) is 16.5 Å². The fourth-order valence-corrected chi connectivity index (χ4v) is 1.44. The first kappa shape index (κ1) is 11.0. The van der Waals surface area contributed by atoms with Crippen LogP contribution in [0.15, 0.2) is 9.95 Å². The summed E-state index contributed by atoms with van der Waals surface area (Å²) in [6, 6.07) is 0. The minimum atomic E-state index is -0.566. The number of nitrogens with zero attached hydrogens (tertiary/aromatic N) is 3. The van der Waals surface area contributed by atoms with E-state index in [0.29, 0.717) is 17.6 Å². The van der Waals surface area contributed by atoms with Gasteiger partial charge in [0.25, 0.3) is 5.88 Å². The van der Waals surface area contributed by atoms with Crippen molar-refractivity contribution in [2.24, 2.45) is 5.92 Å². The van der Waals surface area contributed by atoms with E-state index >= 15 is 0 Å². The summed E-state index contributed by atoms with van der Waals surface area (Å²) in [5, 5.41) is 16.5. The van der Waals surface area contributed by atoms with Crippen LogP contribution in [0.3, 0.4) is 0 Å². The Hall–Kier alpha value is -1.04. The molecule has 0 atom stereocenters. The van der Waals surface area contributed by atoms with Crippen molar-refractivity contribution in [3.05, 3.63) is 16.6 Å². The lowest BCUT2D eigenvalue weighted by Gasteiger charge is -2.10. The molecule has 1 aromatic rings. The number of thioether (sulfide) groups is 1. The Balaban J connectivity index is 3.21. The van der Waals surface area contributed by atoms with E-state index in [0.717, 1.165) is 11.8 Å². The van der Waals surface area contributed by atoms with Crippen LogP contribution in [0.25, 0.3) is 0 Å². The van der Waals surface area contributed by atoms with E-state index in [9.17, 15) is 4.79 Å². The predicted octanol–water partition coefficient (Wildman–Crippen LogP) is 0.884. The molecular weight excluding hydrogens is 202 g/mol. The number of hydrogen-bond donors (Lipinski definition) is 1. The minimum Gasteiger partial charge on any atom is -0.488 e. The summed E-state index contributed by atoms with van der Waals surface area (Å²) < 4.78 is 1.38. The Morgan fingerprint density at radius 2 is 2.21 bits per heavy atom. The van der Waals surface area contributed by atoms with Gasteiger partial charge in [0.2, 0.25) is 0 Å². The van der Waals surface area contributed by atoms with Crippen molar-refractivity contribution in [2.45, 2.75) is 25.5 Å². The topological polar surface area (TPSA) is 68.0 Å². The molecule has 0 amide bonds. The van der Waals surface area contributed by atoms with E-state index in [-0.39, 0.29) is 0 Å². The summed E-state index contributed by atoms with van der Waals surface area (Å²) in [7, 11) is 0. The molecule has 0 unspecified atom stereocenters. The number of hydrogen-bond acceptors (Lipinski definition) is 5. The summed E-state index contributed by atoms with van der Waals surface area (Å²) in [5.41, 5.74) is -0.514. The molecular formula is C8H12N3O2S. The van der Waals surface area contributed by atoms with Crippen LogP contribution >= 0.6 is 11.8 Å². The van der Waals surface area contributed by atoms with Crippen LogP contribution in [0, 0.1) is 12.2 Å². The lowest BCUT2D eigenvalue weighted by Crippen LogP contribution is -2.25. The molecule has 14 heavy (non-hydrogen) atoms. The number of aromatic hydroxyl groups is 1. The smallest absolute Gasteiger partial charge is 0.316 e. The van der Waals surface area contributed by atoms with Gasteiger partial charge in [-0.15, -0.1) is 10.2 Å². The van der Waals surface area contributed by atoms with Crippen molar-refractivity contribution < 1.29 is 5.11 Å². The van der Waals surface area contributed by atoms with Gasteiger partial charge in [-0.1, -0.05) is 25.6 Å². The lowest BCUT2D eigenvalue weighted by molar-refractivity contribution is 0.390. The number of rotatable bonds is 3. The monoisotopic (exact) mass is 214 g/mol. The van der Waals surface area contributed by atoms with Gasteiger partial charge >= 0.3 is 5.56 Å². The molecule has 0 aliphatic heterocycles. The molecule has 6 heteroatoms. The fraction of sp³-hybridized carbons (Fsp3) is 0.500. The first-order chi connectivity index (χ1) is 6.56. The highest BCUT2D eigenvalue weighted by atomic mass is 32.2. The third-order valence-corrected chi connectivity index (χ3v) is 2.13. The normalized spacial score (nSPS) is 10.9. The molecule has 1 N–H and O–H groups in total. The molecule has 1 rings (SSSR count). The summed E-state index contributed by atoms with van der Waals surface area (Å²) in [5.74, 6) is -0.273. The van der Waals surface area contributed by atoms with Crippen molar-refractivity contribution in [3.63, 3.8) is 0 Å². The van der Waals surface area contributed by atoms with Gasteiger partial charge in [0.1, 0.15) is 0 Å². The van der Waals surface area contributed by atoms with Gasteiger partial charge in [-0.25, -0.2) is 0 Å². The average molecular weight is 214 g/mol. The van der Waals surface area contributed by atoms with Crippen molar-refractivity contribution in [2.75, 3.05) is 0 Å². The van der Waals surface area contributed by atoms with Crippen LogP contribution in [-0.2, 0) is 6.54 Å². The summed E-state index contributed by atoms with van der Waals surface area (Å²) in [4.78, 5) is 11.5. The Morgan fingerprint density at radius 1 is 1.57 bits per heavy atom. The molecule has 1 heterocycles. The average Bonchev–Trinajstić information content (AvgIpc) is 2.13. The van der Waals surface area contributed by atoms with Gasteiger partial charge in [0, 0.05) is 12.8 Å². The summed E-state index contributed by atoms with van der Waals surface area (Å²) in [6.45, 7) is 4.45. The Morgan fingerprint density at radius 3 is 2.71 bits per heavy atom. The van der Waals surface area contributed by atoms with Crippen molar-refractivity contribution in [1.29, 1.82) is 0 Å². The standard InChI is InChI=1S/C8H12N3O2S/c1-5(2)4-11-7(13)6(12)9-10-8(11)14-3/h5H,3-4H2,1-2H3,(H,9,12). The van der Waals surface area contributed by atoms with Crippen LogP contribution in [0.2, 0.25) is 0 Å². The zero-order valence-corrected chi connectivity index (χ0v) is 8.91. The highest BCUT2D eigenvalue weighted by molar-refractivity contribution is 8.00. The van der Waals surface area contributed by atoms with E-state index in [4.69, 9.17) is 5.11 Å². The molecule has 0 aromatic carbocycles. The van der Waals surface area contributed by atoms with Gasteiger partial charge in [-0.3, -0.25) is 9.36 Å². The second kappa shape index (κ2) is 4.45. The molecule has 0 aliphatic rings. The van der Waals surface area contributed by atoms with E-state index in [1.54, 1.807) is 0 Å². The van der Waals surface area contributed by atoms with E-state index in [1.807, 2.05) is 13.8 Å². The lowest BCUT2D eigenvalue weighted by atomic mass is 10.2. The Bertz CT molecular complexity index is 375. The molecule has 0 saturated carbocycles. The highest BCUT2D eigenvalue weighted by Gasteiger charge is 2.11. The first-order valence-electron chi connectivity index (χ1n) is 4.14. The molecule has 77 valence electrons. The van der Waals surface area contributed by atoms with Crippen molar-refractivity contribution in [3.8, 4) is 5.88 Å². The molecule has 0 aliphatic carbocycles. The van der Waals surface area contributed by atoms with E-state index in [1.165, 1.54) is 4.57 Å². The molecule has 0 spiro atoms. The van der Waals surface area contributed by atoms with Crippen LogP contribution < -0.4 is 5.56 Å². The Labute approximate surface area is 86.2 Å². The fourth-order valence-electron chi connectivity index (χ4n) is 1.03. The summed E-state index contributed by atoms with van der Waals surface area (Å²) >= 11 is 1.09. The zero-order chi connectivity index (χ0) is 10.7. The minimum absolute atomic E-state index is 0.294. The van der Waals surface area contributed by atoms with Crippen LogP contribution in [0.4, 0.5) is 0 Å². The van der Waals surface area contributed by atoms with E-state index < -0.39 is 11.4 Å². The molecule has 5 nitrogen and oxygen atoms in total. The third-order valence-electron chi connectivity index (χ3n) is 1.57. The maximum atomic E-state index is 11.5. The molecule has 0 saturated heterocycles. The van der Waals surface area contributed by atoms with Gasteiger partial charge in [0.15, 0.2) is 5.16 Å². The zero-order valence-electron chi connectivity index (χ0n) is 8.10. The maximum absolute atomic E-state index is 11.5. The van der Waals surface area contributed by atoms with Crippen LogP contribution in [-0.4, -0.2) is 19.9 Å². The van der Waals surface area contributed by atoms with Crippen LogP contribution in [0.5, 0.6) is 5.88 Å². The number of aromatic nitrogens is 3. The first-order valence-corrected chi connectivity index (χ1v) is 5.13. The molecule has 1 radical (unpaired) electrons. The van der Waals surface area contributed by atoms with Gasteiger partial charge in [-0.2, -0.15) is 0 Å². The Kier molecular flexibility index (Phi) is 3.51. The highest BCUT2D eigenvalue weighted by Crippen LogP contribution is 2.12. The largest absolute Gasteiger partial charge is 0.488 e. The van der Waals surface area contributed by atoms with Gasteiger partial charge in [0.05, 0.1) is 0 Å². The molecule has 0 bridgehead atoms. The van der Waals surface area contributed by atoms with Crippen molar-refractivity contribution >= 4 is 11.8 Å². The van der Waals surface area contributed by atoms with Gasteiger partial charge < -0.3 is 5.11 Å². The second-order valence-corrected chi connectivity index (χ2v) is 3.91. The SMILES string of the molecule is [CH2]Sc1nnc(O)c(=O)n1CC(C)C. The second-order valence-electron chi connectivity index (χ2n) is 3.26. The predicted molar refractivity (Wildman–Crippen MR) is 54.0 cm³/mol. The molecule has 0 fully saturated rings. The van der Waals surface area contributed by atoms with Gasteiger partial charge in [-0.05, 0) is 5.92 Å².